The Balaban J connectivity index is 2.06. The van der Waals surface area contributed by atoms with Gasteiger partial charge in [0.1, 0.15) is 0 Å². The maximum Gasteiger partial charge on any atom is 0.261 e. The molecule has 0 radical (unpaired) electrons. The predicted molar refractivity (Wildman–Crippen MR) is 87.6 cm³/mol. The number of rotatable bonds is 10. The van der Waals surface area contributed by atoms with Gasteiger partial charge in [-0.25, -0.2) is 0 Å². The van der Waals surface area contributed by atoms with E-state index in [2.05, 4.69) is 17.6 Å². The first-order valence-corrected chi connectivity index (χ1v) is 8.62. The number of nitrogens with one attached hydrogen (secondary N) is 2. The minimum Gasteiger partial charge on any atom is -0.354 e. The minimum atomic E-state index is -0.0571. The van der Waals surface area contributed by atoms with Crippen molar-refractivity contribution in [3.63, 3.8) is 0 Å². The Hall–Kier alpha value is -1.36. The SMILES string of the molecule is CCCCCC(C)NC(=O)CCCNC(=O)c1cccs1. The zero-order valence-corrected chi connectivity index (χ0v) is 13.8. The summed E-state index contributed by atoms with van der Waals surface area (Å²) in [6.07, 6.45) is 5.75. The average Bonchev–Trinajstić information content (AvgIpc) is 2.98. The van der Waals surface area contributed by atoms with Crippen LogP contribution in [-0.2, 0) is 4.79 Å². The molecule has 21 heavy (non-hydrogen) atoms. The molecule has 2 amide bonds. The molecular weight excluding hydrogens is 284 g/mol. The molecule has 1 aromatic heterocycles. The van der Waals surface area contributed by atoms with E-state index in [0.717, 1.165) is 12.8 Å². The van der Waals surface area contributed by atoms with E-state index >= 15 is 0 Å². The lowest BCUT2D eigenvalue weighted by molar-refractivity contribution is -0.121. The summed E-state index contributed by atoms with van der Waals surface area (Å²) in [5.74, 6) is 0.0164. The van der Waals surface area contributed by atoms with E-state index in [1.807, 2.05) is 18.4 Å². The molecule has 0 fully saturated rings. The Morgan fingerprint density at radius 1 is 1.29 bits per heavy atom. The van der Waals surface area contributed by atoms with E-state index in [1.54, 1.807) is 6.07 Å². The fraction of sp³-hybridized carbons (Fsp3) is 0.625. The number of amides is 2. The minimum absolute atomic E-state index is 0.0571. The second-order valence-corrected chi connectivity index (χ2v) is 6.25. The largest absolute Gasteiger partial charge is 0.354 e. The number of unbranched alkanes of at least 4 members (excludes halogenated alkanes) is 2. The van der Waals surface area contributed by atoms with Crippen molar-refractivity contribution in [1.82, 2.24) is 10.6 Å². The van der Waals surface area contributed by atoms with Crippen LogP contribution in [0.3, 0.4) is 0 Å². The molecule has 1 atom stereocenters. The third kappa shape index (κ3) is 7.85. The van der Waals surface area contributed by atoms with Crippen LogP contribution in [0.1, 0.15) is 62.0 Å². The first kappa shape index (κ1) is 17.7. The molecule has 0 aliphatic heterocycles. The van der Waals surface area contributed by atoms with Crippen LogP contribution in [0.5, 0.6) is 0 Å². The van der Waals surface area contributed by atoms with Gasteiger partial charge in [0, 0.05) is 19.0 Å². The van der Waals surface area contributed by atoms with Crippen LogP contribution in [-0.4, -0.2) is 24.4 Å². The van der Waals surface area contributed by atoms with Crippen molar-refractivity contribution in [3.05, 3.63) is 22.4 Å². The van der Waals surface area contributed by atoms with Gasteiger partial charge in [-0.15, -0.1) is 11.3 Å². The lowest BCUT2D eigenvalue weighted by Gasteiger charge is -2.13. The first-order valence-electron chi connectivity index (χ1n) is 7.74. The standard InChI is InChI=1S/C16H26N2O2S/c1-3-4-5-8-13(2)18-15(19)10-6-11-17-16(20)14-9-7-12-21-14/h7,9,12-13H,3-6,8,10-11H2,1-2H3,(H,17,20)(H,18,19). The summed E-state index contributed by atoms with van der Waals surface area (Å²) in [6, 6.07) is 3.89. The maximum absolute atomic E-state index is 11.7. The zero-order valence-electron chi connectivity index (χ0n) is 13.0. The van der Waals surface area contributed by atoms with Crippen LogP contribution in [0.2, 0.25) is 0 Å². The molecule has 1 rings (SSSR count). The Labute approximate surface area is 131 Å². The summed E-state index contributed by atoms with van der Waals surface area (Å²) >= 11 is 1.42. The summed E-state index contributed by atoms with van der Waals surface area (Å²) in [5.41, 5.74) is 0. The predicted octanol–water partition coefficient (Wildman–Crippen LogP) is 3.34. The number of hydrogen-bond acceptors (Lipinski definition) is 3. The highest BCUT2D eigenvalue weighted by Gasteiger charge is 2.08. The van der Waals surface area contributed by atoms with Gasteiger partial charge in [-0.2, -0.15) is 0 Å². The van der Waals surface area contributed by atoms with Crippen molar-refractivity contribution >= 4 is 23.2 Å². The molecule has 4 nitrogen and oxygen atoms in total. The van der Waals surface area contributed by atoms with Crippen LogP contribution < -0.4 is 10.6 Å². The van der Waals surface area contributed by atoms with Crippen molar-refractivity contribution in [1.29, 1.82) is 0 Å². The number of hydrogen-bond donors (Lipinski definition) is 2. The summed E-state index contributed by atoms with van der Waals surface area (Å²) < 4.78 is 0. The van der Waals surface area contributed by atoms with Gasteiger partial charge in [0.15, 0.2) is 0 Å². The van der Waals surface area contributed by atoms with E-state index in [0.29, 0.717) is 24.3 Å². The molecule has 5 heteroatoms. The van der Waals surface area contributed by atoms with E-state index in [4.69, 9.17) is 0 Å². The molecule has 0 spiro atoms. The molecule has 118 valence electrons. The monoisotopic (exact) mass is 310 g/mol. The van der Waals surface area contributed by atoms with Crippen molar-refractivity contribution in [2.24, 2.45) is 0 Å². The highest BCUT2D eigenvalue weighted by atomic mass is 32.1. The van der Waals surface area contributed by atoms with Crippen LogP contribution in [0, 0.1) is 0 Å². The lowest BCUT2D eigenvalue weighted by atomic mass is 10.1. The number of carbonyl (C=O) groups excluding carboxylic acids is 2. The van der Waals surface area contributed by atoms with E-state index in [9.17, 15) is 9.59 Å². The molecule has 0 saturated carbocycles. The summed E-state index contributed by atoms with van der Waals surface area (Å²) in [4.78, 5) is 24.1. The third-order valence-electron chi connectivity index (χ3n) is 3.26. The topological polar surface area (TPSA) is 58.2 Å². The van der Waals surface area contributed by atoms with Gasteiger partial charge in [-0.1, -0.05) is 32.3 Å². The van der Waals surface area contributed by atoms with Crippen molar-refractivity contribution in [2.45, 2.75) is 58.4 Å². The van der Waals surface area contributed by atoms with Crippen molar-refractivity contribution < 1.29 is 9.59 Å². The van der Waals surface area contributed by atoms with E-state index in [1.165, 1.54) is 24.2 Å². The molecule has 0 aliphatic rings. The van der Waals surface area contributed by atoms with Gasteiger partial charge in [-0.3, -0.25) is 9.59 Å². The summed E-state index contributed by atoms with van der Waals surface area (Å²) in [6.45, 7) is 4.76. The second kappa shape index (κ2) is 10.4. The second-order valence-electron chi connectivity index (χ2n) is 5.30. The Morgan fingerprint density at radius 3 is 2.76 bits per heavy atom. The van der Waals surface area contributed by atoms with Gasteiger partial charge in [-0.05, 0) is 31.2 Å². The van der Waals surface area contributed by atoms with Crippen LogP contribution in [0.4, 0.5) is 0 Å². The van der Waals surface area contributed by atoms with Gasteiger partial charge < -0.3 is 10.6 Å². The molecule has 0 bridgehead atoms. The van der Waals surface area contributed by atoms with Crippen molar-refractivity contribution in [2.75, 3.05) is 6.54 Å². The molecule has 1 aromatic rings. The van der Waals surface area contributed by atoms with E-state index in [-0.39, 0.29) is 17.9 Å². The first-order chi connectivity index (χ1) is 10.1. The van der Waals surface area contributed by atoms with Gasteiger partial charge in [0.05, 0.1) is 4.88 Å². The lowest BCUT2D eigenvalue weighted by Crippen LogP contribution is -2.33. The highest BCUT2D eigenvalue weighted by molar-refractivity contribution is 7.12. The Morgan fingerprint density at radius 2 is 2.10 bits per heavy atom. The number of carbonyl (C=O) groups is 2. The normalized spacial score (nSPS) is 11.9. The maximum atomic E-state index is 11.7. The average molecular weight is 310 g/mol. The Bertz CT molecular complexity index is 418. The smallest absolute Gasteiger partial charge is 0.261 e. The zero-order chi connectivity index (χ0) is 15.5. The van der Waals surface area contributed by atoms with Gasteiger partial charge >= 0.3 is 0 Å². The fourth-order valence-electron chi connectivity index (χ4n) is 2.07. The van der Waals surface area contributed by atoms with Crippen LogP contribution in [0.15, 0.2) is 17.5 Å². The fourth-order valence-corrected chi connectivity index (χ4v) is 2.71. The number of thiophene rings is 1. The third-order valence-corrected chi connectivity index (χ3v) is 4.13. The highest BCUT2D eigenvalue weighted by Crippen LogP contribution is 2.07. The van der Waals surface area contributed by atoms with Crippen LogP contribution in [0.25, 0.3) is 0 Å². The molecule has 2 N–H and O–H groups in total. The molecular formula is C16H26N2O2S. The Kier molecular flexibility index (Phi) is 8.74. The van der Waals surface area contributed by atoms with Gasteiger partial charge in [0.2, 0.25) is 5.91 Å². The summed E-state index contributed by atoms with van der Waals surface area (Å²) in [7, 11) is 0. The molecule has 1 heterocycles. The van der Waals surface area contributed by atoms with Gasteiger partial charge in [0.25, 0.3) is 5.91 Å². The summed E-state index contributed by atoms with van der Waals surface area (Å²) in [5, 5.41) is 7.71. The van der Waals surface area contributed by atoms with Crippen molar-refractivity contribution in [3.8, 4) is 0 Å². The molecule has 0 saturated heterocycles. The molecule has 0 aliphatic carbocycles. The van der Waals surface area contributed by atoms with E-state index < -0.39 is 0 Å². The van der Waals surface area contributed by atoms with Crippen LogP contribution >= 0.6 is 11.3 Å². The quantitative estimate of drug-likeness (QED) is 0.651. The molecule has 0 aromatic carbocycles. The molecule has 1 unspecified atom stereocenters.